The Morgan fingerprint density at radius 2 is 1.67 bits per heavy atom. The monoisotopic (exact) mass is 299 g/mol. The molecule has 0 saturated heterocycles. The van der Waals surface area contributed by atoms with Gasteiger partial charge < -0.3 is 13.3 Å². The Hall–Kier alpha value is 0.00688. The minimum absolute atomic E-state index is 0.369. The van der Waals surface area contributed by atoms with Crippen molar-refractivity contribution in [1.82, 2.24) is 4.72 Å². The molecule has 0 amide bonds. The van der Waals surface area contributed by atoms with Gasteiger partial charge in [0.25, 0.3) is 0 Å². The summed E-state index contributed by atoms with van der Waals surface area (Å²) in [6.07, 6.45) is 1.22. The van der Waals surface area contributed by atoms with Gasteiger partial charge in [0.2, 0.25) is 10.0 Å². The van der Waals surface area contributed by atoms with Crippen molar-refractivity contribution in [1.29, 1.82) is 0 Å². The summed E-state index contributed by atoms with van der Waals surface area (Å²) >= 11 is 0. The summed E-state index contributed by atoms with van der Waals surface area (Å²) < 4.78 is 41.7. The highest BCUT2D eigenvalue weighted by atomic mass is 32.2. The predicted molar refractivity (Wildman–Crippen MR) is 72.9 cm³/mol. The van der Waals surface area contributed by atoms with Gasteiger partial charge in [0.05, 0.1) is 5.25 Å². The Kier molecular flexibility index (Phi) is 8.24. The van der Waals surface area contributed by atoms with Crippen LogP contribution in [0, 0.1) is 0 Å². The van der Waals surface area contributed by atoms with Crippen LogP contribution in [0.25, 0.3) is 0 Å². The molecule has 0 spiro atoms. The molecular weight excluding hydrogens is 274 g/mol. The molecule has 0 aromatic carbocycles. The lowest BCUT2D eigenvalue weighted by molar-refractivity contribution is 0.123. The molecule has 0 saturated carbocycles. The lowest BCUT2D eigenvalue weighted by Gasteiger charge is -2.24. The van der Waals surface area contributed by atoms with E-state index in [1.807, 2.05) is 6.92 Å². The smallest absolute Gasteiger partial charge is 0.377 e. The standard InChI is InChI=1S/C10H25NO5SSi/c1-6-10(2)17(12,13)11-8-7-9-18(14-3,15-4)16-5/h10-11H,6-9H2,1-5H3. The van der Waals surface area contributed by atoms with Crippen LogP contribution in [0.3, 0.4) is 0 Å². The quantitative estimate of drug-likeness (QED) is 0.481. The van der Waals surface area contributed by atoms with E-state index < -0.39 is 18.8 Å². The van der Waals surface area contributed by atoms with E-state index >= 15 is 0 Å². The molecule has 1 atom stereocenters. The van der Waals surface area contributed by atoms with Crippen molar-refractivity contribution in [2.75, 3.05) is 27.9 Å². The average Bonchev–Trinajstić information content (AvgIpc) is 2.38. The maximum Gasteiger partial charge on any atom is 0.500 e. The highest BCUT2D eigenvalue weighted by Gasteiger charge is 2.36. The second-order valence-corrected chi connectivity index (χ2v) is 9.33. The van der Waals surface area contributed by atoms with Gasteiger partial charge in [0.1, 0.15) is 0 Å². The van der Waals surface area contributed by atoms with E-state index in [4.69, 9.17) is 13.3 Å². The van der Waals surface area contributed by atoms with Crippen LogP contribution in [-0.4, -0.2) is 50.3 Å². The van der Waals surface area contributed by atoms with Gasteiger partial charge in [-0.15, -0.1) is 0 Å². The Morgan fingerprint density at radius 1 is 1.17 bits per heavy atom. The largest absolute Gasteiger partial charge is 0.500 e. The van der Waals surface area contributed by atoms with Crippen molar-refractivity contribution in [3.8, 4) is 0 Å². The molecular formula is C10H25NO5SSi. The highest BCUT2D eigenvalue weighted by Crippen LogP contribution is 2.14. The maximum atomic E-state index is 11.7. The Morgan fingerprint density at radius 3 is 2.06 bits per heavy atom. The van der Waals surface area contributed by atoms with Gasteiger partial charge in [-0.05, 0) is 19.8 Å². The third-order valence-corrected chi connectivity index (χ3v) is 7.83. The van der Waals surface area contributed by atoms with Crippen molar-refractivity contribution in [2.45, 2.75) is 38.0 Å². The van der Waals surface area contributed by atoms with Crippen molar-refractivity contribution < 1.29 is 21.7 Å². The Bertz CT molecular complexity index is 310. The second-order valence-electron chi connectivity index (χ2n) is 4.06. The first kappa shape index (κ1) is 18.0. The van der Waals surface area contributed by atoms with E-state index in [0.717, 1.165) is 0 Å². The predicted octanol–water partition coefficient (Wildman–Crippen LogP) is 0.972. The maximum absolute atomic E-state index is 11.7. The lowest BCUT2D eigenvalue weighted by Crippen LogP contribution is -2.43. The second kappa shape index (κ2) is 8.23. The summed E-state index contributed by atoms with van der Waals surface area (Å²) in [5, 5.41) is -0.369. The summed E-state index contributed by atoms with van der Waals surface area (Å²) in [6.45, 7) is 3.92. The van der Waals surface area contributed by atoms with E-state index in [0.29, 0.717) is 25.4 Å². The molecule has 110 valence electrons. The third kappa shape index (κ3) is 5.33. The normalized spacial score (nSPS) is 14.7. The Balaban J connectivity index is 4.14. The number of nitrogens with one attached hydrogen (secondary N) is 1. The molecule has 0 radical (unpaired) electrons. The fourth-order valence-electron chi connectivity index (χ4n) is 1.44. The molecule has 0 rings (SSSR count). The third-order valence-electron chi connectivity index (χ3n) is 3.00. The molecule has 18 heavy (non-hydrogen) atoms. The van der Waals surface area contributed by atoms with Crippen LogP contribution in [-0.2, 0) is 23.3 Å². The van der Waals surface area contributed by atoms with Crippen LogP contribution in [0.2, 0.25) is 6.04 Å². The van der Waals surface area contributed by atoms with Crippen LogP contribution >= 0.6 is 0 Å². The zero-order valence-corrected chi connectivity index (χ0v) is 13.7. The molecule has 0 heterocycles. The molecule has 0 bridgehead atoms. The van der Waals surface area contributed by atoms with Crippen molar-refractivity contribution in [3.05, 3.63) is 0 Å². The van der Waals surface area contributed by atoms with Crippen LogP contribution < -0.4 is 4.72 Å². The minimum atomic E-state index is -3.21. The minimum Gasteiger partial charge on any atom is -0.377 e. The van der Waals surface area contributed by atoms with Crippen LogP contribution in [0.5, 0.6) is 0 Å². The molecule has 0 aliphatic heterocycles. The number of hydrogen-bond acceptors (Lipinski definition) is 5. The first-order valence-electron chi connectivity index (χ1n) is 6.01. The van der Waals surface area contributed by atoms with E-state index in [1.54, 1.807) is 28.3 Å². The zero-order valence-electron chi connectivity index (χ0n) is 11.9. The SMILES string of the molecule is CCC(C)S(=O)(=O)NCCC[Si](OC)(OC)OC. The molecule has 0 aromatic rings. The molecule has 0 aromatic heterocycles. The van der Waals surface area contributed by atoms with Gasteiger partial charge >= 0.3 is 8.80 Å². The van der Waals surface area contributed by atoms with Crippen molar-refractivity contribution in [2.24, 2.45) is 0 Å². The van der Waals surface area contributed by atoms with Gasteiger partial charge in [-0.3, -0.25) is 0 Å². The topological polar surface area (TPSA) is 73.9 Å². The van der Waals surface area contributed by atoms with Crippen molar-refractivity contribution in [3.63, 3.8) is 0 Å². The molecule has 0 fully saturated rings. The van der Waals surface area contributed by atoms with Crippen LogP contribution in [0.4, 0.5) is 0 Å². The first-order chi connectivity index (χ1) is 8.37. The number of sulfonamides is 1. The van der Waals surface area contributed by atoms with Gasteiger partial charge in [-0.2, -0.15) is 0 Å². The molecule has 0 aliphatic rings. The number of hydrogen-bond donors (Lipinski definition) is 1. The summed E-state index contributed by atoms with van der Waals surface area (Å²) in [6, 6.07) is 0.583. The van der Waals surface area contributed by atoms with E-state index in [1.165, 1.54) is 0 Å². The fraction of sp³-hybridized carbons (Fsp3) is 1.00. The summed E-state index contributed by atoms with van der Waals surface area (Å²) in [5.41, 5.74) is 0. The highest BCUT2D eigenvalue weighted by molar-refractivity contribution is 7.90. The van der Waals surface area contributed by atoms with Gasteiger partial charge in [0, 0.05) is 33.9 Å². The molecule has 8 heteroatoms. The molecule has 1 unspecified atom stereocenters. The average molecular weight is 299 g/mol. The Labute approximate surface area is 111 Å². The summed E-state index contributed by atoms with van der Waals surface area (Å²) in [5.74, 6) is 0. The number of rotatable bonds is 10. The summed E-state index contributed by atoms with van der Waals surface area (Å²) in [4.78, 5) is 0. The van der Waals surface area contributed by atoms with E-state index in [2.05, 4.69) is 4.72 Å². The van der Waals surface area contributed by atoms with E-state index in [9.17, 15) is 8.42 Å². The molecule has 6 nitrogen and oxygen atoms in total. The van der Waals surface area contributed by atoms with Gasteiger partial charge in [0.15, 0.2) is 0 Å². The summed E-state index contributed by atoms with van der Waals surface area (Å²) in [7, 11) is -1.16. The first-order valence-corrected chi connectivity index (χ1v) is 9.49. The van der Waals surface area contributed by atoms with Crippen molar-refractivity contribution >= 4 is 18.8 Å². The molecule has 0 aliphatic carbocycles. The molecule has 1 N–H and O–H groups in total. The fourth-order valence-corrected chi connectivity index (χ4v) is 4.31. The van der Waals surface area contributed by atoms with Gasteiger partial charge in [-0.25, -0.2) is 13.1 Å². The lowest BCUT2D eigenvalue weighted by atomic mass is 10.4. The van der Waals surface area contributed by atoms with Crippen LogP contribution in [0.1, 0.15) is 26.7 Å². The van der Waals surface area contributed by atoms with E-state index in [-0.39, 0.29) is 5.25 Å². The van der Waals surface area contributed by atoms with Crippen LogP contribution in [0.15, 0.2) is 0 Å². The van der Waals surface area contributed by atoms with Gasteiger partial charge in [-0.1, -0.05) is 6.92 Å². The zero-order chi connectivity index (χ0) is 14.2.